The van der Waals surface area contributed by atoms with Gasteiger partial charge in [-0.2, -0.15) is 0 Å². The molecule has 0 radical (unpaired) electrons. The van der Waals surface area contributed by atoms with Crippen LogP contribution in [0.4, 0.5) is 0 Å². The maximum Gasteiger partial charge on any atom is 0.251 e. The van der Waals surface area contributed by atoms with Crippen LogP contribution >= 0.6 is 0 Å². The van der Waals surface area contributed by atoms with Crippen LogP contribution < -0.4 is 14.8 Å². The summed E-state index contributed by atoms with van der Waals surface area (Å²) in [4.78, 5) is 15.0. The molecule has 2 aliphatic heterocycles. The number of nitrogens with one attached hydrogen (secondary N) is 1. The van der Waals surface area contributed by atoms with Crippen molar-refractivity contribution in [2.24, 2.45) is 5.92 Å². The lowest BCUT2D eigenvalue weighted by molar-refractivity contribution is 0.0472. The maximum absolute atomic E-state index is 12.6. The zero-order chi connectivity index (χ0) is 23.2. The van der Waals surface area contributed by atoms with E-state index in [1.165, 1.54) is 0 Å². The number of carbonyl (C=O) groups is 1. The van der Waals surface area contributed by atoms with Crippen molar-refractivity contribution in [2.45, 2.75) is 25.4 Å². The summed E-state index contributed by atoms with van der Waals surface area (Å²) in [6, 6.07) is 25.9. The number of hydrogen-bond acceptors (Lipinski definition) is 4. The molecular weight excluding hydrogens is 424 g/mol. The summed E-state index contributed by atoms with van der Waals surface area (Å²) in [5.74, 6) is 2.35. The number of fused-ring (bicyclic) bond motifs is 1. The summed E-state index contributed by atoms with van der Waals surface area (Å²) in [7, 11) is 0. The molecule has 0 saturated carbocycles. The van der Waals surface area contributed by atoms with Gasteiger partial charge in [0, 0.05) is 18.7 Å². The van der Waals surface area contributed by atoms with Gasteiger partial charge in [0.1, 0.15) is 12.7 Å². The van der Waals surface area contributed by atoms with Crippen LogP contribution in [0.25, 0.3) is 11.1 Å². The minimum absolute atomic E-state index is 0.00627. The van der Waals surface area contributed by atoms with Crippen molar-refractivity contribution in [3.63, 3.8) is 0 Å². The highest BCUT2D eigenvalue weighted by Gasteiger charge is 2.26. The van der Waals surface area contributed by atoms with E-state index in [2.05, 4.69) is 22.3 Å². The highest BCUT2D eigenvalue weighted by molar-refractivity contribution is 5.94. The number of nitrogens with zero attached hydrogens (tertiary/aromatic N) is 1. The first-order valence-electron chi connectivity index (χ1n) is 12.3. The summed E-state index contributed by atoms with van der Waals surface area (Å²) in [6.07, 6.45) is 3.43. The van der Waals surface area contributed by atoms with E-state index in [0.29, 0.717) is 18.1 Å². The molecule has 5 nitrogen and oxygen atoms in total. The predicted octanol–water partition coefficient (Wildman–Crippen LogP) is 5.03. The molecular formula is C29H32N2O3. The average Bonchev–Trinajstić information content (AvgIpc) is 2.90. The Hall–Kier alpha value is -3.31. The normalized spacial score (nSPS) is 18.4. The molecule has 1 atom stereocenters. The van der Waals surface area contributed by atoms with E-state index in [4.69, 9.17) is 9.47 Å². The fourth-order valence-electron chi connectivity index (χ4n) is 4.84. The molecule has 34 heavy (non-hydrogen) atoms. The summed E-state index contributed by atoms with van der Waals surface area (Å²) < 4.78 is 12.0. The summed E-state index contributed by atoms with van der Waals surface area (Å²) in [5.41, 5.74) is 3.00. The fourth-order valence-corrected chi connectivity index (χ4v) is 4.84. The van der Waals surface area contributed by atoms with Gasteiger partial charge >= 0.3 is 0 Å². The van der Waals surface area contributed by atoms with Crippen LogP contribution in [0.3, 0.4) is 0 Å². The molecule has 0 unspecified atom stereocenters. The van der Waals surface area contributed by atoms with Crippen molar-refractivity contribution in [1.82, 2.24) is 10.2 Å². The Morgan fingerprint density at radius 2 is 1.53 bits per heavy atom. The number of likely N-dealkylation sites (tertiary alicyclic amines) is 1. The minimum Gasteiger partial charge on any atom is -0.486 e. The highest BCUT2D eigenvalue weighted by atomic mass is 16.6. The van der Waals surface area contributed by atoms with Gasteiger partial charge in [0.2, 0.25) is 0 Å². The molecule has 1 saturated heterocycles. The molecule has 3 aromatic rings. The van der Waals surface area contributed by atoms with Crippen molar-refractivity contribution in [2.75, 3.05) is 32.8 Å². The number of rotatable bonds is 7. The number of ether oxygens (including phenoxy) is 2. The third kappa shape index (κ3) is 5.60. The molecule has 3 aromatic carbocycles. The molecule has 1 N–H and O–H groups in total. The molecule has 5 heteroatoms. The first kappa shape index (κ1) is 22.5. The Morgan fingerprint density at radius 3 is 2.29 bits per heavy atom. The van der Waals surface area contributed by atoms with Gasteiger partial charge in [0.15, 0.2) is 11.5 Å². The van der Waals surface area contributed by atoms with E-state index in [-0.39, 0.29) is 12.0 Å². The van der Waals surface area contributed by atoms with Crippen molar-refractivity contribution in [3.8, 4) is 22.6 Å². The van der Waals surface area contributed by atoms with Crippen LogP contribution in [0.15, 0.2) is 78.9 Å². The van der Waals surface area contributed by atoms with Crippen LogP contribution in [-0.2, 0) is 0 Å². The van der Waals surface area contributed by atoms with E-state index < -0.39 is 0 Å². The lowest BCUT2D eigenvalue weighted by Gasteiger charge is -2.35. The fraction of sp³-hybridized carbons (Fsp3) is 0.345. The lowest BCUT2D eigenvalue weighted by atomic mass is 9.93. The average molecular weight is 457 g/mol. The summed E-state index contributed by atoms with van der Waals surface area (Å²) >= 11 is 0. The van der Waals surface area contributed by atoms with Gasteiger partial charge in [-0.05, 0) is 73.7 Å². The number of para-hydroxylation sites is 2. The van der Waals surface area contributed by atoms with Crippen molar-refractivity contribution in [3.05, 3.63) is 84.4 Å². The third-order valence-corrected chi connectivity index (χ3v) is 6.83. The SMILES string of the molecule is O=C(NCCC1CCN(C[C@H]2COc3ccccc3O2)CC1)c1ccc(-c2ccccc2)cc1. The molecule has 5 rings (SSSR count). The van der Waals surface area contributed by atoms with E-state index in [1.54, 1.807) is 0 Å². The molecule has 0 aliphatic carbocycles. The van der Waals surface area contributed by atoms with Crippen LogP contribution in [-0.4, -0.2) is 49.7 Å². The van der Waals surface area contributed by atoms with Crippen LogP contribution in [0.2, 0.25) is 0 Å². The second-order valence-corrected chi connectivity index (χ2v) is 9.23. The molecule has 176 valence electrons. The van der Waals surface area contributed by atoms with Gasteiger partial charge < -0.3 is 14.8 Å². The standard InChI is InChI=1S/C29H32N2O3/c32-29(25-12-10-24(11-13-25)23-6-2-1-3-7-23)30-17-14-22-15-18-31(19-16-22)20-26-21-33-27-8-4-5-9-28(27)34-26/h1-13,22,26H,14-21H2,(H,30,32)/t26-/m0/s1. The van der Waals surface area contributed by atoms with E-state index in [1.807, 2.05) is 66.7 Å². The zero-order valence-corrected chi connectivity index (χ0v) is 19.5. The van der Waals surface area contributed by atoms with Gasteiger partial charge in [0.25, 0.3) is 5.91 Å². The number of amides is 1. The Labute approximate surface area is 201 Å². The van der Waals surface area contributed by atoms with Crippen LogP contribution in [0.1, 0.15) is 29.6 Å². The number of carbonyl (C=O) groups excluding carboxylic acids is 1. The van der Waals surface area contributed by atoms with Gasteiger partial charge in [-0.15, -0.1) is 0 Å². The summed E-state index contributed by atoms with van der Waals surface area (Å²) in [5, 5.41) is 3.10. The van der Waals surface area contributed by atoms with Crippen molar-refractivity contribution >= 4 is 5.91 Å². The second kappa shape index (κ2) is 10.7. The predicted molar refractivity (Wildman–Crippen MR) is 134 cm³/mol. The van der Waals surface area contributed by atoms with Crippen LogP contribution in [0.5, 0.6) is 11.5 Å². The number of piperidine rings is 1. The second-order valence-electron chi connectivity index (χ2n) is 9.23. The van der Waals surface area contributed by atoms with Gasteiger partial charge in [-0.1, -0.05) is 54.6 Å². The Kier molecular flexibility index (Phi) is 7.10. The minimum atomic E-state index is 0.00627. The Morgan fingerprint density at radius 1 is 0.853 bits per heavy atom. The molecule has 1 fully saturated rings. The van der Waals surface area contributed by atoms with Crippen LogP contribution in [0, 0.1) is 5.92 Å². The van der Waals surface area contributed by atoms with E-state index in [0.717, 1.165) is 68.1 Å². The molecule has 2 aliphatic rings. The zero-order valence-electron chi connectivity index (χ0n) is 19.5. The first-order chi connectivity index (χ1) is 16.7. The van der Waals surface area contributed by atoms with Gasteiger partial charge in [-0.3, -0.25) is 9.69 Å². The lowest BCUT2D eigenvalue weighted by Crippen LogP contribution is -2.44. The number of hydrogen-bond donors (Lipinski definition) is 1. The number of benzene rings is 3. The quantitative estimate of drug-likeness (QED) is 0.542. The molecule has 1 amide bonds. The molecule has 0 spiro atoms. The monoisotopic (exact) mass is 456 g/mol. The highest BCUT2D eigenvalue weighted by Crippen LogP contribution is 2.31. The molecule has 0 aromatic heterocycles. The van der Waals surface area contributed by atoms with Crippen molar-refractivity contribution < 1.29 is 14.3 Å². The smallest absolute Gasteiger partial charge is 0.251 e. The molecule has 0 bridgehead atoms. The van der Waals surface area contributed by atoms with Gasteiger partial charge in [0.05, 0.1) is 0 Å². The summed E-state index contributed by atoms with van der Waals surface area (Å²) in [6.45, 7) is 4.37. The van der Waals surface area contributed by atoms with E-state index >= 15 is 0 Å². The third-order valence-electron chi connectivity index (χ3n) is 6.83. The van der Waals surface area contributed by atoms with Gasteiger partial charge in [-0.25, -0.2) is 0 Å². The first-order valence-corrected chi connectivity index (χ1v) is 12.3. The van der Waals surface area contributed by atoms with E-state index in [9.17, 15) is 4.79 Å². The molecule has 2 heterocycles. The Bertz CT molecular complexity index is 1080. The Balaban J connectivity index is 1.01. The topological polar surface area (TPSA) is 50.8 Å². The van der Waals surface area contributed by atoms with Crippen molar-refractivity contribution in [1.29, 1.82) is 0 Å². The largest absolute Gasteiger partial charge is 0.486 e. The maximum atomic E-state index is 12.6.